The van der Waals surface area contributed by atoms with Gasteiger partial charge in [-0.3, -0.25) is 0 Å². The van der Waals surface area contributed by atoms with Crippen LogP contribution < -0.4 is 4.18 Å². The first kappa shape index (κ1) is 43.7. The normalized spacial score (nSPS) is 19.4. The van der Waals surface area contributed by atoms with E-state index in [0.29, 0.717) is 19.6 Å². The molecule has 1 fully saturated rings. The fraction of sp³-hybridized carbons (Fsp3) is 0.265. The SMILES string of the molecule is Cc1ccc([C@@H]2O[C@H](COCc3ccccc3)[C@@H](OCc3ccccc3)[C@H](OCc3ccccc3)[C@H]2OCc2ccccc2)cc1Cc1ccc(OS(=O)(=O)C(F)(F)F)cc1. The van der Waals surface area contributed by atoms with Crippen molar-refractivity contribution in [3.8, 4) is 5.75 Å². The summed E-state index contributed by atoms with van der Waals surface area (Å²) in [5.74, 6) is -0.438. The third-order valence-electron chi connectivity index (χ3n) is 10.4. The number of benzene rings is 6. The minimum atomic E-state index is -5.80. The molecule has 0 amide bonds. The Kier molecular flexibility index (Phi) is 14.7. The maximum absolute atomic E-state index is 13.0. The first-order valence-corrected chi connectivity index (χ1v) is 21.4. The van der Waals surface area contributed by atoms with Gasteiger partial charge in [0.25, 0.3) is 0 Å². The monoisotopic (exact) mass is 852 g/mol. The maximum Gasteiger partial charge on any atom is 0.534 e. The molecular weight excluding hydrogens is 806 g/mol. The fourth-order valence-corrected chi connectivity index (χ4v) is 7.63. The van der Waals surface area contributed by atoms with Crippen molar-refractivity contribution in [1.29, 1.82) is 0 Å². The number of alkyl halides is 3. The molecule has 1 saturated heterocycles. The molecule has 8 nitrogen and oxygen atoms in total. The van der Waals surface area contributed by atoms with E-state index in [1.165, 1.54) is 12.1 Å². The van der Waals surface area contributed by atoms with Gasteiger partial charge in [-0.05, 0) is 70.0 Å². The van der Waals surface area contributed by atoms with Crippen molar-refractivity contribution in [3.05, 3.63) is 208 Å². The predicted molar refractivity (Wildman–Crippen MR) is 225 cm³/mol. The molecule has 0 radical (unpaired) electrons. The van der Waals surface area contributed by atoms with Gasteiger partial charge in [-0.2, -0.15) is 21.6 Å². The van der Waals surface area contributed by atoms with Gasteiger partial charge < -0.3 is 27.9 Å². The Balaban J connectivity index is 1.23. The van der Waals surface area contributed by atoms with E-state index in [0.717, 1.165) is 44.5 Å². The highest BCUT2D eigenvalue weighted by Crippen LogP contribution is 2.39. The second-order valence-corrected chi connectivity index (χ2v) is 16.4. The van der Waals surface area contributed by atoms with Crippen molar-refractivity contribution in [1.82, 2.24) is 0 Å². The molecule has 318 valence electrons. The average molecular weight is 853 g/mol. The number of rotatable bonds is 18. The Bertz CT molecular complexity index is 2370. The van der Waals surface area contributed by atoms with Crippen molar-refractivity contribution in [2.45, 2.75) is 75.8 Å². The van der Waals surface area contributed by atoms with E-state index in [1.807, 2.05) is 146 Å². The summed E-state index contributed by atoms with van der Waals surface area (Å²) in [4.78, 5) is 0. The Morgan fingerprint density at radius 2 is 1.03 bits per heavy atom. The lowest BCUT2D eigenvalue weighted by atomic mass is 9.88. The van der Waals surface area contributed by atoms with Crippen LogP contribution in [0.4, 0.5) is 13.2 Å². The Labute approximate surface area is 354 Å². The summed E-state index contributed by atoms with van der Waals surface area (Å²) in [6.07, 6.45) is -2.80. The van der Waals surface area contributed by atoms with Gasteiger partial charge in [0.15, 0.2) is 0 Å². The molecule has 0 unspecified atom stereocenters. The zero-order chi connectivity index (χ0) is 42.7. The molecule has 1 heterocycles. The van der Waals surface area contributed by atoms with Crippen LogP contribution in [0.25, 0.3) is 0 Å². The zero-order valence-electron chi connectivity index (χ0n) is 33.5. The van der Waals surface area contributed by atoms with Crippen molar-refractivity contribution in [2.24, 2.45) is 0 Å². The van der Waals surface area contributed by atoms with Gasteiger partial charge in [-0.25, -0.2) is 0 Å². The Hall–Kier alpha value is -5.34. The van der Waals surface area contributed by atoms with E-state index in [1.54, 1.807) is 12.1 Å². The van der Waals surface area contributed by atoms with E-state index in [9.17, 15) is 21.6 Å². The molecule has 12 heteroatoms. The summed E-state index contributed by atoms with van der Waals surface area (Å²) < 4.78 is 100. The van der Waals surface area contributed by atoms with Gasteiger partial charge in [-0.1, -0.05) is 152 Å². The van der Waals surface area contributed by atoms with Crippen molar-refractivity contribution in [3.63, 3.8) is 0 Å². The van der Waals surface area contributed by atoms with Crippen LogP contribution in [0.5, 0.6) is 5.75 Å². The molecule has 0 N–H and O–H groups in total. The molecule has 6 aromatic rings. The highest BCUT2D eigenvalue weighted by Gasteiger charge is 2.50. The lowest BCUT2D eigenvalue weighted by Gasteiger charge is -2.46. The molecule has 5 atom stereocenters. The molecule has 0 aliphatic carbocycles. The number of halogens is 3. The minimum Gasteiger partial charge on any atom is -0.376 e. The topological polar surface area (TPSA) is 89.5 Å². The minimum absolute atomic E-state index is 0.193. The summed E-state index contributed by atoms with van der Waals surface area (Å²) >= 11 is 0. The summed E-state index contributed by atoms with van der Waals surface area (Å²) in [5.41, 5.74) is 1.84. The maximum atomic E-state index is 13.0. The highest BCUT2D eigenvalue weighted by atomic mass is 32.2. The standard InChI is InChI=1S/C49H47F3O8S/c1-35-22-25-41(29-42(35)28-36-23-26-43(27-24-36)60-61(53,54)49(50,51)52)45-47(57-32-39-18-10-4-11-19-39)48(58-33-40-20-12-5-13-21-40)46(56-31-38-16-8-3-9-17-38)44(59-45)34-55-30-37-14-6-2-7-15-37/h2-27,29,44-48H,28,30-34H2,1H3/t44-,45+,46-,47+,48+/m1/s1. The number of hydrogen-bond acceptors (Lipinski definition) is 8. The smallest absolute Gasteiger partial charge is 0.376 e. The van der Waals surface area contributed by atoms with Gasteiger partial charge in [0, 0.05) is 0 Å². The van der Waals surface area contributed by atoms with Gasteiger partial charge >= 0.3 is 15.6 Å². The molecule has 0 bridgehead atoms. The summed E-state index contributed by atoms with van der Waals surface area (Å²) in [5, 5.41) is 0. The largest absolute Gasteiger partial charge is 0.534 e. The molecule has 7 rings (SSSR count). The molecule has 61 heavy (non-hydrogen) atoms. The molecule has 0 saturated carbocycles. The van der Waals surface area contributed by atoms with E-state index in [2.05, 4.69) is 4.18 Å². The number of hydrogen-bond donors (Lipinski definition) is 0. The lowest BCUT2D eigenvalue weighted by molar-refractivity contribution is -0.275. The third-order valence-corrected chi connectivity index (χ3v) is 11.4. The second kappa shape index (κ2) is 20.5. The fourth-order valence-electron chi connectivity index (χ4n) is 7.17. The predicted octanol–water partition coefficient (Wildman–Crippen LogP) is 10.2. The molecule has 0 spiro atoms. The van der Waals surface area contributed by atoms with E-state index in [-0.39, 0.29) is 19.8 Å². The second-order valence-electron chi connectivity index (χ2n) is 14.9. The van der Waals surface area contributed by atoms with Crippen LogP contribution in [0.3, 0.4) is 0 Å². The summed E-state index contributed by atoms with van der Waals surface area (Å²) in [6, 6.07) is 51.2. The Morgan fingerprint density at radius 3 is 1.54 bits per heavy atom. The Morgan fingerprint density at radius 1 is 0.557 bits per heavy atom. The van der Waals surface area contributed by atoms with E-state index < -0.39 is 51.9 Å². The average Bonchev–Trinajstić information content (AvgIpc) is 3.27. The van der Waals surface area contributed by atoms with Crippen LogP contribution in [0, 0.1) is 6.92 Å². The number of ether oxygens (including phenoxy) is 5. The summed E-state index contributed by atoms with van der Waals surface area (Å²) in [7, 11) is -5.80. The molecule has 0 aromatic heterocycles. The van der Waals surface area contributed by atoms with Crippen molar-refractivity contribution in [2.75, 3.05) is 6.61 Å². The lowest BCUT2D eigenvalue weighted by Crippen LogP contribution is -2.58. The number of aryl methyl sites for hydroxylation is 1. The van der Waals surface area contributed by atoms with Crippen LogP contribution in [0.2, 0.25) is 0 Å². The van der Waals surface area contributed by atoms with Crippen LogP contribution in [-0.2, 0) is 66.7 Å². The van der Waals surface area contributed by atoms with Crippen molar-refractivity contribution >= 4 is 10.1 Å². The van der Waals surface area contributed by atoms with Crippen LogP contribution in [0.15, 0.2) is 164 Å². The van der Waals surface area contributed by atoms with Crippen LogP contribution in [-0.4, -0.2) is 44.9 Å². The quantitative estimate of drug-likeness (QED) is 0.0624. The van der Waals surface area contributed by atoms with Gasteiger partial charge in [-0.15, -0.1) is 0 Å². The van der Waals surface area contributed by atoms with Gasteiger partial charge in [0.2, 0.25) is 0 Å². The van der Waals surface area contributed by atoms with Crippen LogP contribution >= 0.6 is 0 Å². The third kappa shape index (κ3) is 11.9. The van der Waals surface area contributed by atoms with Gasteiger partial charge in [0.1, 0.15) is 36.3 Å². The van der Waals surface area contributed by atoms with Gasteiger partial charge in [0.05, 0.1) is 33.0 Å². The van der Waals surface area contributed by atoms with E-state index in [4.69, 9.17) is 23.7 Å². The summed E-state index contributed by atoms with van der Waals surface area (Å²) in [6.45, 7) is 3.38. The van der Waals surface area contributed by atoms with E-state index >= 15 is 0 Å². The van der Waals surface area contributed by atoms with Crippen LogP contribution in [0.1, 0.15) is 50.6 Å². The highest BCUT2D eigenvalue weighted by molar-refractivity contribution is 7.88. The molecule has 6 aromatic carbocycles. The molecule has 1 aliphatic heterocycles. The van der Waals surface area contributed by atoms with Crippen molar-refractivity contribution < 1.29 is 49.5 Å². The first-order chi connectivity index (χ1) is 29.5. The molecular formula is C49H47F3O8S. The molecule has 1 aliphatic rings. The zero-order valence-corrected chi connectivity index (χ0v) is 34.3. The first-order valence-electron chi connectivity index (χ1n) is 20.0.